The molecular formula is C12H11F3N4O3S. The van der Waals surface area contributed by atoms with Gasteiger partial charge in [0.15, 0.2) is 20.6 Å². The predicted octanol–water partition coefficient (Wildman–Crippen LogP) is 1.50. The molecule has 0 aliphatic carbocycles. The van der Waals surface area contributed by atoms with Gasteiger partial charge in [0, 0.05) is 24.3 Å². The molecule has 1 N–H and O–H groups in total. The molecule has 2 aromatic heterocycles. The normalized spacial score (nSPS) is 12.2. The van der Waals surface area contributed by atoms with Gasteiger partial charge in [0.05, 0.1) is 0 Å². The molecule has 0 saturated heterocycles. The lowest BCUT2D eigenvalue weighted by Gasteiger charge is -2.06. The molecule has 0 unspecified atom stereocenters. The molecule has 2 heterocycles. The van der Waals surface area contributed by atoms with Gasteiger partial charge in [0.2, 0.25) is 0 Å². The summed E-state index contributed by atoms with van der Waals surface area (Å²) in [5.41, 5.74) is -0.0947. The maximum atomic E-state index is 12.2. The Morgan fingerprint density at radius 3 is 2.65 bits per heavy atom. The Kier molecular flexibility index (Phi) is 4.41. The van der Waals surface area contributed by atoms with Crippen molar-refractivity contribution in [3.05, 3.63) is 36.3 Å². The van der Waals surface area contributed by atoms with Crippen molar-refractivity contribution < 1.29 is 26.4 Å². The number of nitrogens with zero attached hydrogens (tertiary/aromatic N) is 3. The van der Waals surface area contributed by atoms with Crippen molar-refractivity contribution in [1.29, 1.82) is 0 Å². The number of pyridine rings is 1. The lowest BCUT2D eigenvalue weighted by Crippen LogP contribution is -2.19. The van der Waals surface area contributed by atoms with Crippen molar-refractivity contribution in [2.45, 2.75) is 17.7 Å². The van der Waals surface area contributed by atoms with E-state index in [9.17, 15) is 26.4 Å². The van der Waals surface area contributed by atoms with Crippen LogP contribution in [-0.2, 0) is 16.4 Å². The molecule has 0 fully saturated rings. The van der Waals surface area contributed by atoms with E-state index in [1.54, 1.807) is 0 Å². The molecule has 124 valence electrons. The molecule has 23 heavy (non-hydrogen) atoms. The summed E-state index contributed by atoms with van der Waals surface area (Å²) in [6.45, 7) is -1.31. The fraction of sp³-hybridized carbons (Fsp3) is 0.250. The summed E-state index contributed by atoms with van der Waals surface area (Å²) >= 11 is 0. The van der Waals surface area contributed by atoms with Gasteiger partial charge < -0.3 is 5.32 Å². The van der Waals surface area contributed by atoms with E-state index >= 15 is 0 Å². The Labute approximate surface area is 129 Å². The van der Waals surface area contributed by atoms with E-state index < -0.39 is 28.5 Å². The van der Waals surface area contributed by atoms with Crippen LogP contribution in [0.15, 0.2) is 35.6 Å². The van der Waals surface area contributed by atoms with Crippen LogP contribution >= 0.6 is 0 Å². The van der Waals surface area contributed by atoms with Crippen LogP contribution in [0.1, 0.15) is 10.5 Å². The first-order valence-electron chi connectivity index (χ1n) is 6.12. The van der Waals surface area contributed by atoms with Crippen LogP contribution in [0.25, 0.3) is 0 Å². The third-order valence-corrected chi connectivity index (χ3v) is 3.57. The molecule has 0 bridgehead atoms. The molecule has 7 nitrogen and oxygen atoms in total. The van der Waals surface area contributed by atoms with E-state index in [1.807, 2.05) is 0 Å². The molecule has 0 aliphatic rings. The van der Waals surface area contributed by atoms with E-state index in [-0.39, 0.29) is 16.4 Å². The zero-order valence-electron chi connectivity index (χ0n) is 11.7. The lowest BCUT2D eigenvalue weighted by atomic mass is 10.3. The quantitative estimate of drug-likeness (QED) is 0.904. The maximum absolute atomic E-state index is 12.2. The van der Waals surface area contributed by atoms with Gasteiger partial charge in [0.1, 0.15) is 6.54 Å². The number of anilines is 1. The number of alkyl halides is 3. The largest absolute Gasteiger partial charge is 0.408 e. The van der Waals surface area contributed by atoms with Crippen molar-refractivity contribution in [2.24, 2.45) is 0 Å². The number of rotatable bonds is 4. The minimum Gasteiger partial charge on any atom is -0.320 e. The van der Waals surface area contributed by atoms with E-state index in [2.05, 4.69) is 15.4 Å². The summed E-state index contributed by atoms with van der Waals surface area (Å²) in [5, 5.41) is 5.62. The first kappa shape index (κ1) is 16.9. The standard InChI is InChI=1S/C12H11F3N4O3S/c1-23(21,22)10-6-8(2-4-16-10)17-11(20)9-3-5-19(18-9)7-12(13,14)15/h2-6H,7H2,1H3,(H,16,17,20). The second-order valence-electron chi connectivity index (χ2n) is 4.62. The number of nitrogens with one attached hydrogen (secondary N) is 1. The first-order valence-corrected chi connectivity index (χ1v) is 8.01. The predicted molar refractivity (Wildman–Crippen MR) is 73.6 cm³/mol. The van der Waals surface area contributed by atoms with E-state index in [0.717, 1.165) is 24.6 Å². The highest BCUT2D eigenvalue weighted by Gasteiger charge is 2.28. The topological polar surface area (TPSA) is 94.0 Å². The SMILES string of the molecule is CS(=O)(=O)c1cc(NC(=O)c2ccn(CC(F)(F)F)n2)ccn1. The van der Waals surface area contributed by atoms with Gasteiger partial charge in [-0.05, 0) is 18.2 Å². The minimum absolute atomic E-state index is 0.135. The molecule has 0 radical (unpaired) electrons. The summed E-state index contributed by atoms with van der Waals surface area (Å²) < 4.78 is 60.0. The molecule has 1 amide bonds. The monoisotopic (exact) mass is 348 g/mol. The van der Waals surface area contributed by atoms with Gasteiger partial charge in [-0.15, -0.1) is 0 Å². The molecule has 2 aromatic rings. The first-order chi connectivity index (χ1) is 10.5. The molecule has 0 aliphatic heterocycles. The second-order valence-corrected chi connectivity index (χ2v) is 6.59. The molecular weight excluding hydrogens is 337 g/mol. The van der Waals surface area contributed by atoms with Crippen LogP contribution in [0.3, 0.4) is 0 Å². The molecule has 0 spiro atoms. The van der Waals surface area contributed by atoms with Crippen molar-refractivity contribution >= 4 is 21.4 Å². The number of hydrogen-bond donors (Lipinski definition) is 1. The highest BCUT2D eigenvalue weighted by molar-refractivity contribution is 7.90. The van der Waals surface area contributed by atoms with Crippen LogP contribution in [0.2, 0.25) is 0 Å². The number of amides is 1. The van der Waals surface area contributed by atoms with Gasteiger partial charge in [0.25, 0.3) is 5.91 Å². The molecule has 0 aromatic carbocycles. The number of halogens is 3. The van der Waals surface area contributed by atoms with Gasteiger partial charge in [-0.2, -0.15) is 18.3 Å². The Morgan fingerprint density at radius 2 is 2.04 bits per heavy atom. The molecule has 11 heteroatoms. The highest BCUT2D eigenvalue weighted by atomic mass is 32.2. The van der Waals surface area contributed by atoms with E-state index in [0.29, 0.717) is 4.68 Å². The zero-order valence-corrected chi connectivity index (χ0v) is 12.5. The van der Waals surface area contributed by atoms with E-state index in [4.69, 9.17) is 0 Å². The summed E-state index contributed by atoms with van der Waals surface area (Å²) in [6.07, 6.45) is -1.28. The van der Waals surface area contributed by atoms with Crippen LogP contribution in [0.5, 0.6) is 0 Å². The number of hydrogen-bond acceptors (Lipinski definition) is 5. The van der Waals surface area contributed by atoms with Crippen LogP contribution in [0.4, 0.5) is 18.9 Å². The smallest absolute Gasteiger partial charge is 0.320 e. The maximum Gasteiger partial charge on any atom is 0.408 e. The fourth-order valence-electron chi connectivity index (χ4n) is 1.64. The molecule has 0 atom stereocenters. The molecule has 0 saturated carbocycles. The fourth-order valence-corrected chi connectivity index (χ4v) is 2.23. The summed E-state index contributed by atoms with van der Waals surface area (Å²) in [7, 11) is -3.55. The van der Waals surface area contributed by atoms with Crippen LogP contribution in [-0.4, -0.2) is 41.5 Å². The van der Waals surface area contributed by atoms with Crippen molar-refractivity contribution in [3.63, 3.8) is 0 Å². The highest BCUT2D eigenvalue weighted by Crippen LogP contribution is 2.17. The van der Waals surface area contributed by atoms with Crippen molar-refractivity contribution in [2.75, 3.05) is 11.6 Å². The van der Waals surface area contributed by atoms with Gasteiger partial charge >= 0.3 is 6.18 Å². The number of aromatic nitrogens is 3. The van der Waals surface area contributed by atoms with Gasteiger partial charge in [-0.3, -0.25) is 9.48 Å². The third-order valence-electron chi connectivity index (χ3n) is 2.59. The van der Waals surface area contributed by atoms with Crippen molar-refractivity contribution in [3.8, 4) is 0 Å². The van der Waals surface area contributed by atoms with Gasteiger partial charge in [-0.1, -0.05) is 0 Å². The van der Waals surface area contributed by atoms with Crippen LogP contribution in [0, 0.1) is 0 Å². The zero-order chi connectivity index (χ0) is 17.3. The Hall–Kier alpha value is -2.43. The van der Waals surface area contributed by atoms with Crippen molar-refractivity contribution in [1.82, 2.24) is 14.8 Å². The molecule has 2 rings (SSSR count). The van der Waals surface area contributed by atoms with E-state index in [1.165, 1.54) is 12.3 Å². The summed E-state index contributed by atoms with van der Waals surface area (Å²) in [5.74, 6) is -0.767. The average Bonchev–Trinajstić information content (AvgIpc) is 2.84. The Morgan fingerprint density at radius 1 is 1.35 bits per heavy atom. The number of sulfone groups is 1. The summed E-state index contributed by atoms with van der Waals surface area (Å²) in [6, 6.07) is 3.61. The second kappa shape index (κ2) is 5.99. The number of carbonyl (C=O) groups excluding carboxylic acids is 1. The third kappa shape index (κ3) is 4.77. The number of carbonyl (C=O) groups is 1. The Balaban J connectivity index is 2.14. The minimum atomic E-state index is -4.45. The lowest BCUT2D eigenvalue weighted by molar-refractivity contribution is -0.142. The van der Waals surface area contributed by atoms with Gasteiger partial charge in [-0.25, -0.2) is 13.4 Å². The Bertz CT molecular complexity index is 830. The average molecular weight is 348 g/mol. The van der Waals surface area contributed by atoms with Crippen LogP contribution < -0.4 is 5.32 Å². The summed E-state index contributed by atoms with van der Waals surface area (Å²) in [4.78, 5) is 15.6.